The highest BCUT2D eigenvalue weighted by Gasteiger charge is 2.22. The van der Waals surface area contributed by atoms with Crippen molar-refractivity contribution in [1.29, 1.82) is 0 Å². The molecule has 2 aromatic rings. The van der Waals surface area contributed by atoms with Crippen LogP contribution >= 0.6 is 11.6 Å². The van der Waals surface area contributed by atoms with E-state index in [1.54, 1.807) is 31.2 Å². The van der Waals surface area contributed by atoms with Crippen LogP contribution in [0.3, 0.4) is 0 Å². The Morgan fingerprint density at radius 2 is 1.95 bits per heavy atom. The molecule has 0 saturated heterocycles. The van der Waals surface area contributed by atoms with Gasteiger partial charge in [0.2, 0.25) is 0 Å². The van der Waals surface area contributed by atoms with Gasteiger partial charge in [-0.3, -0.25) is 0 Å². The Hall–Kier alpha value is -1.45. The van der Waals surface area contributed by atoms with Gasteiger partial charge < -0.3 is 5.32 Å². The van der Waals surface area contributed by atoms with Crippen molar-refractivity contribution in [2.75, 3.05) is 6.54 Å². The first kappa shape index (κ1) is 14.9. The maximum Gasteiger partial charge on any atom is 0.134 e. The maximum atomic E-state index is 14.3. The molecule has 0 aliphatic heterocycles. The second kappa shape index (κ2) is 6.33. The zero-order chi connectivity index (χ0) is 14.7. The van der Waals surface area contributed by atoms with E-state index in [1.807, 2.05) is 6.92 Å². The van der Waals surface area contributed by atoms with Crippen molar-refractivity contribution in [2.24, 2.45) is 0 Å². The van der Waals surface area contributed by atoms with Crippen molar-refractivity contribution in [1.82, 2.24) is 5.32 Å². The van der Waals surface area contributed by atoms with Gasteiger partial charge in [-0.2, -0.15) is 0 Å². The van der Waals surface area contributed by atoms with Crippen molar-refractivity contribution < 1.29 is 8.78 Å². The van der Waals surface area contributed by atoms with Crippen LogP contribution in [0.15, 0.2) is 36.4 Å². The third-order valence-corrected chi connectivity index (χ3v) is 3.43. The molecule has 4 heteroatoms. The lowest BCUT2D eigenvalue weighted by atomic mass is 9.96. The van der Waals surface area contributed by atoms with E-state index in [0.29, 0.717) is 17.1 Å². The van der Waals surface area contributed by atoms with E-state index >= 15 is 0 Å². The smallest absolute Gasteiger partial charge is 0.134 e. The zero-order valence-electron chi connectivity index (χ0n) is 11.4. The van der Waals surface area contributed by atoms with Gasteiger partial charge in [0, 0.05) is 10.6 Å². The van der Waals surface area contributed by atoms with Crippen molar-refractivity contribution in [3.63, 3.8) is 0 Å². The van der Waals surface area contributed by atoms with Gasteiger partial charge in [0.15, 0.2) is 0 Å². The Balaban J connectivity index is 2.57. The number of benzene rings is 2. The number of rotatable bonds is 4. The van der Waals surface area contributed by atoms with Crippen molar-refractivity contribution in [2.45, 2.75) is 19.9 Å². The first-order valence-electron chi connectivity index (χ1n) is 6.48. The summed E-state index contributed by atoms with van der Waals surface area (Å²) in [7, 11) is 0. The lowest BCUT2D eigenvalue weighted by molar-refractivity contribution is 0.506. The molecule has 1 nitrogen and oxygen atoms in total. The summed E-state index contributed by atoms with van der Waals surface area (Å²) in [5.74, 6) is -1.07. The second-order valence-electron chi connectivity index (χ2n) is 4.64. The SMILES string of the molecule is CCNC(c1cccc(Cl)c1)c1c(F)ccc(C)c1F. The summed E-state index contributed by atoms with van der Waals surface area (Å²) in [6.45, 7) is 4.10. The normalized spacial score (nSPS) is 12.4. The summed E-state index contributed by atoms with van der Waals surface area (Å²) >= 11 is 5.97. The van der Waals surface area contributed by atoms with E-state index < -0.39 is 17.7 Å². The molecule has 0 aliphatic carbocycles. The predicted octanol–water partition coefficient (Wildman–Crippen LogP) is 4.63. The van der Waals surface area contributed by atoms with E-state index in [4.69, 9.17) is 11.6 Å². The quantitative estimate of drug-likeness (QED) is 0.867. The summed E-state index contributed by atoms with van der Waals surface area (Å²) in [5, 5.41) is 3.65. The molecule has 0 amide bonds. The third kappa shape index (κ3) is 3.00. The molecular formula is C16H16ClF2N. The van der Waals surface area contributed by atoms with Crippen molar-refractivity contribution >= 4 is 11.6 Å². The number of hydrogen-bond acceptors (Lipinski definition) is 1. The minimum atomic E-state index is -0.557. The number of halogens is 3. The molecular weight excluding hydrogens is 280 g/mol. The van der Waals surface area contributed by atoms with Gasteiger partial charge in [-0.15, -0.1) is 0 Å². The Kier molecular flexibility index (Phi) is 4.73. The van der Waals surface area contributed by atoms with Gasteiger partial charge in [0.1, 0.15) is 11.6 Å². The highest BCUT2D eigenvalue weighted by Crippen LogP contribution is 2.29. The highest BCUT2D eigenvalue weighted by atomic mass is 35.5. The van der Waals surface area contributed by atoms with Crippen LogP contribution in [0, 0.1) is 18.6 Å². The van der Waals surface area contributed by atoms with E-state index in [-0.39, 0.29) is 5.56 Å². The number of aryl methyl sites for hydroxylation is 1. The zero-order valence-corrected chi connectivity index (χ0v) is 12.1. The van der Waals surface area contributed by atoms with E-state index in [0.717, 1.165) is 5.56 Å². The van der Waals surface area contributed by atoms with E-state index in [1.165, 1.54) is 12.1 Å². The largest absolute Gasteiger partial charge is 0.306 e. The fourth-order valence-corrected chi connectivity index (χ4v) is 2.42. The van der Waals surface area contributed by atoms with E-state index in [2.05, 4.69) is 5.32 Å². The fraction of sp³-hybridized carbons (Fsp3) is 0.250. The third-order valence-electron chi connectivity index (χ3n) is 3.20. The van der Waals surface area contributed by atoms with Gasteiger partial charge in [-0.1, -0.05) is 36.7 Å². The van der Waals surface area contributed by atoms with Crippen LogP contribution in [0.25, 0.3) is 0 Å². The van der Waals surface area contributed by atoms with Crippen LogP contribution in [0.4, 0.5) is 8.78 Å². The summed E-state index contributed by atoms with van der Waals surface area (Å²) in [6.07, 6.45) is 0. The Morgan fingerprint density at radius 1 is 1.20 bits per heavy atom. The van der Waals surface area contributed by atoms with Gasteiger partial charge in [-0.25, -0.2) is 8.78 Å². The van der Waals surface area contributed by atoms with Gasteiger partial charge in [-0.05, 0) is 42.8 Å². The molecule has 2 rings (SSSR count). The van der Waals surface area contributed by atoms with Crippen LogP contribution < -0.4 is 5.32 Å². The topological polar surface area (TPSA) is 12.0 Å². The first-order valence-corrected chi connectivity index (χ1v) is 6.85. The Labute approximate surface area is 122 Å². The van der Waals surface area contributed by atoms with Crippen LogP contribution in [-0.4, -0.2) is 6.54 Å². The molecule has 1 atom stereocenters. The molecule has 0 bridgehead atoms. The average Bonchev–Trinajstić information content (AvgIpc) is 2.42. The highest BCUT2D eigenvalue weighted by molar-refractivity contribution is 6.30. The molecule has 0 spiro atoms. The predicted molar refractivity (Wildman–Crippen MR) is 78.1 cm³/mol. The average molecular weight is 296 g/mol. The van der Waals surface area contributed by atoms with Crippen molar-refractivity contribution in [3.05, 3.63) is 69.7 Å². The maximum absolute atomic E-state index is 14.3. The number of hydrogen-bond donors (Lipinski definition) is 1. The molecule has 0 aliphatic rings. The molecule has 0 aromatic heterocycles. The van der Waals surface area contributed by atoms with E-state index in [9.17, 15) is 8.78 Å². The molecule has 1 N–H and O–H groups in total. The molecule has 0 radical (unpaired) electrons. The van der Waals surface area contributed by atoms with Gasteiger partial charge in [0.05, 0.1) is 6.04 Å². The molecule has 0 heterocycles. The Morgan fingerprint density at radius 3 is 2.60 bits per heavy atom. The van der Waals surface area contributed by atoms with Crippen LogP contribution in [0.2, 0.25) is 5.02 Å². The monoisotopic (exact) mass is 295 g/mol. The lowest BCUT2D eigenvalue weighted by Gasteiger charge is -2.21. The van der Waals surface area contributed by atoms with Crippen LogP contribution in [-0.2, 0) is 0 Å². The van der Waals surface area contributed by atoms with Gasteiger partial charge in [0.25, 0.3) is 0 Å². The summed E-state index contributed by atoms with van der Waals surface area (Å²) < 4.78 is 28.4. The standard InChI is InChI=1S/C16H16ClF2N/c1-3-20-16(11-5-4-6-12(17)9-11)14-13(18)8-7-10(2)15(14)19/h4-9,16,20H,3H2,1-2H3. The molecule has 0 saturated carbocycles. The number of nitrogens with one attached hydrogen (secondary N) is 1. The molecule has 2 aromatic carbocycles. The first-order chi connectivity index (χ1) is 9.54. The molecule has 1 unspecified atom stereocenters. The molecule has 20 heavy (non-hydrogen) atoms. The van der Waals surface area contributed by atoms with Crippen LogP contribution in [0.5, 0.6) is 0 Å². The minimum Gasteiger partial charge on any atom is -0.306 e. The molecule has 0 fully saturated rings. The van der Waals surface area contributed by atoms with Crippen LogP contribution in [0.1, 0.15) is 29.7 Å². The fourth-order valence-electron chi connectivity index (χ4n) is 2.22. The minimum absolute atomic E-state index is 0.0362. The summed E-state index contributed by atoms with van der Waals surface area (Å²) in [5.41, 5.74) is 1.20. The summed E-state index contributed by atoms with van der Waals surface area (Å²) in [6, 6.07) is 9.21. The lowest BCUT2D eigenvalue weighted by Crippen LogP contribution is -2.24. The second-order valence-corrected chi connectivity index (χ2v) is 5.07. The molecule has 106 valence electrons. The summed E-state index contributed by atoms with van der Waals surface area (Å²) in [4.78, 5) is 0. The van der Waals surface area contributed by atoms with Gasteiger partial charge >= 0.3 is 0 Å². The van der Waals surface area contributed by atoms with Crippen molar-refractivity contribution in [3.8, 4) is 0 Å². The Bertz CT molecular complexity index is 613.